The van der Waals surface area contributed by atoms with Crippen LogP contribution < -0.4 is 15.5 Å². The number of pyridine rings is 1. The third-order valence-corrected chi connectivity index (χ3v) is 7.63. The van der Waals surface area contributed by atoms with E-state index in [2.05, 4.69) is 12.2 Å². The van der Waals surface area contributed by atoms with Crippen molar-refractivity contribution in [3.8, 4) is 5.75 Å². The van der Waals surface area contributed by atoms with E-state index in [1.807, 2.05) is 37.3 Å². The first-order valence-corrected chi connectivity index (χ1v) is 12.8. The van der Waals surface area contributed by atoms with Crippen molar-refractivity contribution in [2.75, 3.05) is 6.54 Å². The summed E-state index contributed by atoms with van der Waals surface area (Å²) < 4.78 is 49.2. The fourth-order valence-electron chi connectivity index (χ4n) is 5.30. The van der Waals surface area contributed by atoms with Gasteiger partial charge >= 0.3 is 0 Å². The number of hydrogen-bond acceptors (Lipinski definition) is 4. The van der Waals surface area contributed by atoms with Crippen LogP contribution in [0.2, 0.25) is 0 Å². The molecule has 2 amide bonds. The largest absolute Gasteiger partial charge is 0.483 e. The molecule has 2 aliphatic rings. The number of rotatable bonds is 6. The van der Waals surface area contributed by atoms with E-state index < -0.39 is 40.9 Å². The molecule has 204 valence electrons. The lowest BCUT2D eigenvalue weighted by Crippen LogP contribution is -2.48. The summed E-state index contributed by atoms with van der Waals surface area (Å²) >= 11 is 0. The maximum Gasteiger partial charge on any atom is 0.274 e. The first-order chi connectivity index (χ1) is 18.7. The van der Waals surface area contributed by atoms with Crippen molar-refractivity contribution in [1.82, 2.24) is 14.8 Å². The van der Waals surface area contributed by atoms with Crippen LogP contribution in [0.1, 0.15) is 64.7 Å². The Morgan fingerprint density at radius 2 is 1.74 bits per heavy atom. The average Bonchev–Trinajstić information content (AvgIpc) is 3.03. The van der Waals surface area contributed by atoms with Crippen molar-refractivity contribution < 1.29 is 27.5 Å². The van der Waals surface area contributed by atoms with E-state index in [0.717, 1.165) is 18.4 Å². The van der Waals surface area contributed by atoms with Crippen LogP contribution in [0.5, 0.6) is 5.75 Å². The van der Waals surface area contributed by atoms with Gasteiger partial charge in [-0.05, 0) is 31.2 Å². The van der Waals surface area contributed by atoms with Crippen molar-refractivity contribution in [2.45, 2.75) is 51.9 Å². The average molecular weight is 540 g/mol. The molecule has 3 atom stereocenters. The van der Waals surface area contributed by atoms with E-state index in [1.54, 1.807) is 9.47 Å². The van der Waals surface area contributed by atoms with E-state index in [-0.39, 0.29) is 47.5 Å². The van der Waals surface area contributed by atoms with Crippen molar-refractivity contribution in [2.24, 2.45) is 5.92 Å². The molecule has 2 aromatic carbocycles. The predicted octanol–water partition coefficient (Wildman–Crippen LogP) is 4.59. The minimum atomic E-state index is -1.16. The zero-order chi connectivity index (χ0) is 27.8. The lowest BCUT2D eigenvalue weighted by Gasteiger charge is -2.39. The summed E-state index contributed by atoms with van der Waals surface area (Å²) in [5.41, 5.74) is -0.824. The smallest absolute Gasteiger partial charge is 0.274 e. The first-order valence-electron chi connectivity index (χ1n) is 12.8. The maximum absolute atomic E-state index is 14.1. The SMILES string of the molecule is CC1CC[C@H](C)N2CC1n1cc(C(=O)NCc3c(F)cc(F)cc3F)c(=O)c(OCc3ccccc3)c1C2=O. The number of nitrogens with one attached hydrogen (secondary N) is 1. The van der Waals surface area contributed by atoms with Crippen LogP contribution in [0.4, 0.5) is 13.2 Å². The molecule has 2 bridgehead atoms. The van der Waals surface area contributed by atoms with Gasteiger partial charge in [-0.15, -0.1) is 0 Å². The Morgan fingerprint density at radius 1 is 1.05 bits per heavy atom. The highest BCUT2D eigenvalue weighted by atomic mass is 19.1. The van der Waals surface area contributed by atoms with Crippen LogP contribution in [-0.4, -0.2) is 33.9 Å². The van der Waals surface area contributed by atoms with Crippen LogP contribution in [0.25, 0.3) is 0 Å². The van der Waals surface area contributed by atoms with Crippen LogP contribution >= 0.6 is 0 Å². The summed E-state index contributed by atoms with van der Waals surface area (Å²) in [7, 11) is 0. The van der Waals surface area contributed by atoms with Gasteiger partial charge in [-0.3, -0.25) is 14.4 Å². The summed E-state index contributed by atoms with van der Waals surface area (Å²) in [5, 5.41) is 2.36. The quantitative estimate of drug-likeness (QED) is 0.497. The van der Waals surface area contributed by atoms with Crippen LogP contribution in [-0.2, 0) is 13.2 Å². The Bertz CT molecular complexity index is 1470. The second-order valence-corrected chi connectivity index (χ2v) is 10.2. The van der Waals surface area contributed by atoms with E-state index in [0.29, 0.717) is 18.7 Å². The number of nitrogens with zero attached hydrogens (tertiary/aromatic N) is 2. The normalized spacial score (nSPS) is 20.3. The Labute approximate surface area is 223 Å². The van der Waals surface area contributed by atoms with Crippen molar-refractivity contribution in [3.63, 3.8) is 0 Å². The number of carbonyl (C=O) groups is 2. The van der Waals surface area contributed by atoms with Gasteiger partial charge in [0.25, 0.3) is 11.8 Å². The highest BCUT2D eigenvalue weighted by Gasteiger charge is 2.41. The minimum absolute atomic E-state index is 0.0107. The Kier molecular flexibility index (Phi) is 7.20. The summed E-state index contributed by atoms with van der Waals surface area (Å²) in [6.07, 6.45) is 2.97. The molecule has 0 aliphatic carbocycles. The molecule has 3 aromatic rings. The zero-order valence-corrected chi connectivity index (χ0v) is 21.5. The maximum atomic E-state index is 14.1. The van der Waals surface area contributed by atoms with Crippen molar-refractivity contribution >= 4 is 11.8 Å². The molecule has 2 aliphatic heterocycles. The highest BCUT2D eigenvalue weighted by Crippen LogP contribution is 2.37. The molecule has 1 fully saturated rings. The van der Waals surface area contributed by atoms with Crippen LogP contribution in [0.3, 0.4) is 0 Å². The second-order valence-electron chi connectivity index (χ2n) is 10.2. The molecule has 0 saturated carbocycles. The predicted molar refractivity (Wildman–Crippen MR) is 137 cm³/mol. The van der Waals surface area contributed by atoms with E-state index in [4.69, 9.17) is 4.74 Å². The second kappa shape index (κ2) is 10.6. The fourth-order valence-corrected chi connectivity index (χ4v) is 5.30. The third-order valence-electron chi connectivity index (χ3n) is 7.63. The molecule has 1 N–H and O–H groups in total. The third kappa shape index (κ3) is 5.03. The molecule has 7 nitrogen and oxygen atoms in total. The molecular formula is C29H28F3N3O4. The monoisotopic (exact) mass is 539 g/mol. The zero-order valence-electron chi connectivity index (χ0n) is 21.5. The Balaban J connectivity index is 1.56. The van der Waals surface area contributed by atoms with Crippen molar-refractivity contribution in [3.05, 3.63) is 98.7 Å². The molecule has 3 heterocycles. The van der Waals surface area contributed by atoms with Gasteiger partial charge in [-0.1, -0.05) is 37.3 Å². The molecule has 0 spiro atoms. The van der Waals surface area contributed by atoms with Gasteiger partial charge in [0.1, 0.15) is 29.6 Å². The molecule has 1 aromatic heterocycles. The van der Waals surface area contributed by atoms with Gasteiger partial charge < -0.3 is 19.5 Å². The topological polar surface area (TPSA) is 80.6 Å². The van der Waals surface area contributed by atoms with Crippen LogP contribution in [0.15, 0.2) is 53.5 Å². The lowest BCUT2D eigenvalue weighted by atomic mass is 9.95. The number of aromatic nitrogens is 1. The lowest BCUT2D eigenvalue weighted by molar-refractivity contribution is 0.0587. The number of hydrogen-bond donors (Lipinski definition) is 1. The molecule has 0 radical (unpaired) electrons. The van der Waals surface area contributed by atoms with Crippen molar-refractivity contribution in [1.29, 1.82) is 0 Å². The van der Waals surface area contributed by atoms with Gasteiger partial charge in [-0.25, -0.2) is 13.2 Å². The fraction of sp³-hybridized carbons (Fsp3) is 0.345. The van der Waals surface area contributed by atoms with Gasteiger partial charge in [-0.2, -0.15) is 0 Å². The number of benzene rings is 2. The summed E-state index contributed by atoms with van der Waals surface area (Å²) in [4.78, 5) is 42.2. The molecule has 10 heteroatoms. The van der Waals surface area contributed by atoms with E-state index in [1.165, 1.54) is 6.20 Å². The van der Waals surface area contributed by atoms with E-state index in [9.17, 15) is 27.6 Å². The summed E-state index contributed by atoms with van der Waals surface area (Å²) in [6.45, 7) is 3.83. The minimum Gasteiger partial charge on any atom is -0.483 e. The number of amides is 2. The number of halogens is 3. The molecule has 5 rings (SSSR count). The molecule has 39 heavy (non-hydrogen) atoms. The number of carbonyl (C=O) groups excluding carboxylic acids is 2. The molecule has 1 saturated heterocycles. The summed E-state index contributed by atoms with van der Waals surface area (Å²) in [5.74, 6) is -4.76. The van der Waals surface area contributed by atoms with E-state index >= 15 is 0 Å². The molecular weight excluding hydrogens is 511 g/mol. The van der Waals surface area contributed by atoms with Gasteiger partial charge in [0.15, 0.2) is 11.4 Å². The Morgan fingerprint density at radius 3 is 2.44 bits per heavy atom. The first kappa shape index (κ1) is 26.5. The summed E-state index contributed by atoms with van der Waals surface area (Å²) in [6, 6.07) is 9.87. The molecule has 2 unspecified atom stereocenters. The van der Waals surface area contributed by atoms with Gasteiger partial charge in [0, 0.05) is 43.0 Å². The highest BCUT2D eigenvalue weighted by molar-refractivity contribution is 5.99. The Hall–Kier alpha value is -4.08. The number of fused-ring (bicyclic) bond motifs is 4. The van der Waals surface area contributed by atoms with Gasteiger partial charge in [0.2, 0.25) is 5.43 Å². The van der Waals surface area contributed by atoms with Gasteiger partial charge in [0.05, 0.1) is 6.04 Å². The van der Waals surface area contributed by atoms with Crippen LogP contribution in [0, 0.1) is 23.4 Å². The number of ether oxygens (including phenoxy) is 1. The standard InChI is InChI=1S/C29H28F3N3O4/c1-16-8-9-17(2)34-14-24(16)35-13-21(28(37)33-12-20-22(31)10-19(30)11-23(20)32)26(36)27(25(35)29(34)38)39-15-18-6-4-3-5-7-18/h3-7,10-11,13,16-17,24H,8-9,12,14-15H2,1-2H3,(H,33,37)/t16?,17-,24?/m0/s1.